The van der Waals surface area contributed by atoms with Crippen LogP contribution in [0.1, 0.15) is 53.4 Å². The molecule has 0 fully saturated rings. The first kappa shape index (κ1) is 25.0. The van der Waals surface area contributed by atoms with E-state index >= 15 is 0 Å². The van der Waals surface area contributed by atoms with Crippen LogP contribution in [0.4, 0.5) is 5.13 Å². The Hall–Kier alpha value is -2.30. The van der Waals surface area contributed by atoms with Crippen LogP contribution in [-0.4, -0.2) is 55.7 Å². The summed E-state index contributed by atoms with van der Waals surface area (Å²) >= 11 is 1.14. The molecule has 0 spiro atoms. The number of thiazole rings is 1. The number of rotatable bonds is 11. The van der Waals surface area contributed by atoms with E-state index in [0.717, 1.165) is 11.3 Å². The lowest BCUT2D eigenvalue weighted by Gasteiger charge is -2.18. The van der Waals surface area contributed by atoms with Gasteiger partial charge in [0.2, 0.25) is 10.0 Å². The smallest absolute Gasteiger partial charge is 0.350 e. The molecule has 0 aliphatic carbocycles. The highest BCUT2D eigenvalue weighted by molar-refractivity contribution is 7.89. The van der Waals surface area contributed by atoms with Gasteiger partial charge in [0.15, 0.2) is 10.9 Å². The molecule has 0 aliphatic heterocycles. The predicted molar refractivity (Wildman–Crippen MR) is 121 cm³/mol. The number of nitrogens with one attached hydrogen (secondary N) is 1. The molecule has 0 saturated carbocycles. The minimum absolute atomic E-state index is 0.0322. The summed E-state index contributed by atoms with van der Waals surface area (Å²) in [4.78, 5) is 29.5. The molecule has 0 atom stereocenters. The Balaban J connectivity index is 2.02. The number of carbonyl (C=O) groups is 2. The number of nitrogens with zero attached hydrogens (tertiary/aromatic N) is 2. The first-order chi connectivity index (χ1) is 14.6. The van der Waals surface area contributed by atoms with Gasteiger partial charge in [-0.2, -0.15) is 4.31 Å². The Labute approximate surface area is 187 Å². The molecule has 2 aromatic rings. The van der Waals surface area contributed by atoms with Gasteiger partial charge in [0.1, 0.15) is 4.88 Å². The maximum absolute atomic E-state index is 12.5. The fourth-order valence-electron chi connectivity index (χ4n) is 2.75. The lowest BCUT2D eigenvalue weighted by molar-refractivity contribution is 0.0463. The zero-order valence-electron chi connectivity index (χ0n) is 18.5. The van der Waals surface area contributed by atoms with E-state index in [-0.39, 0.29) is 23.1 Å². The number of hydrogen-bond donors (Lipinski definition) is 1. The fraction of sp³-hybridized carbons (Fsp3) is 0.476. The van der Waals surface area contributed by atoms with Crippen molar-refractivity contribution in [3.63, 3.8) is 0 Å². The van der Waals surface area contributed by atoms with Crippen LogP contribution >= 0.6 is 11.3 Å². The predicted octanol–water partition coefficient (Wildman–Crippen LogP) is 3.59. The first-order valence-electron chi connectivity index (χ1n) is 10.1. The van der Waals surface area contributed by atoms with E-state index in [4.69, 9.17) is 4.74 Å². The molecule has 0 aliphatic rings. The lowest BCUT2D eigenvalue weighted by Crippen LogP contribution is -2.30. The third-order valence-electron chi connectivity index (χ3n) is 4.45. The largest absolute Gasteiger partial charge is 0.461 e. The quantitative estimate of drug-likeness (QED) is 0.398. The standard InChI is InChI=1S/C21H29N3O5S2/c1-6-24(7-2)31(27,28)17-10-8-16(9-11-17)18(25)12-22-21-23-15(5)19(30-21)20(26)29-13-14(3)4/h8-11,14H,6-7,12-13H2,1-5H3,(H,22,23). The average molecular weight is 468 g/mol. The molecule has 0 radical (unpaired) electrons. The summed E-state index contributed by atoms with van der Waals surface area (Å²) in [5.41, 5.74) is 0.926. The molecular weight excluding hydrogens is 438 g/mol. The Bertz CT molecular complexity index is 1010. The maximum atomic E-state index is 12.5. The number of sulfonamides is 1. The number of esters is 1. The molecule has 170 valence electrons. The van der Waals surface area contributed by atoms with Crippen LogP contribution in [0.3, 0.4) is 0 Å². The highest BCUT2D eigenvalue weighted by Crippen LogP contribution is 2.24. The lowest BCUT2D eigenvalue weighted by atomic mass is 10.1. The van der Waals surface area contributed by atoms with Crippen molar-refractivity contribution in [3.8, 4) is 0 Å². The second kappa shape index (κ2) is 10.8. The van der Waals surface area contributed by atoms with E-state index in [1.807, 2.05) is 13.8 Å². The second-order valence-corrected chi connectivity index (χ2v) is 10.3. The van der Waals surface area contributed by atoms with Gasteiger partial charge < -0.3 is 10.1 Å². The number of ether oxygens (including phenoxy) is 1. The van der Waals surface area contributed by atoms with Gasteiger partial charge in [-0.15, -0.1) is 0 Å². The molecule has 1 N–H and O–H groups in total. The molecule has 0 amide bonds. The van der Waals surface area contributed by atoms with Gasteiger partial charge in [-0.25, -0.2) is 18.2 Å². The normalized spacial score (nSPS) is 11.7. The summed E-state index contributed by atoms with van der Waals surface area (Å²) in [6, 6.07) is 5.89. The average Bonchev–Trinajstić information content (AvgIpc) is 3.11. The van der Waals surface area contributed by atoms with Crippen LogP contribution in [0.2, 0.25) is 0 Å². The van der Waals surface area contributed by atoms with E-state index in [9.17, 15) is 18.0 Å². The van der Waals surface area contributed by atoms with Crippen LogP contribution in [-0.2, 0) is 14.8 Å². The third-order valence-corrected chi connectivity index (χ3v) is 7.61. The van der Waals surface area contributed by atoms with E-state index in [2.05, 4.69) is 10.3 Å². The fourth-order valence-corrected chi connectivity index (χ4v) is 5.07. The molecule has 0 unspecified atom stereocenters. The number of Topliss-reactive ketones (excluding diaryl/α,β-unsaturated/α-hetero) is 1. The second-order valence-electron chi connectivity index (χ2n) is 7.32. The number of carbonyl (C=O) groups excluding carboxylic acids is 2. The van der Waals surface area contributed by atoms with E-state index < -0.39 is 16.0 Å². The molecular formula is C21H29N3O5S2. The van der Waals surface area contributed by atoms with Crippen molar-refractivity contribution in [1.82, 2.24) is 9.29 Å². The summed E-state index contributed by atoms with van der Waals surface area (Å²) in [5.74, 6) is -0.405. The van der Waals surface area contributed by atoms with Crippen molar-refractivity contribution in [3.05, 3.63) is 40.4 Å². The Morgan fingerprint density at radius 3 is 2.32 bits per heavy atom. The molecule has 1 aromatic heterocycles. The highest BCUT2D eigenvalue weighted by atomic mass is 32.2. The minimum atomic E-state index is -3.57. The molecule has 1 heterocycles. The summed E-state index contributed by atoms with van der Waals surface area (Å²) in [6.07, 6.45) is 0. The number of benzene rings is 1. The summed E-state index contributed by atoms with van der Waals surface area (Å²) < 4.78 is 31.7. The van der Waals surface area contributed by atoms with Crippen LogP contribution < -0.4 is 5.32 Å². The SMILES string of the molecule is CCN(CC)S(=O)(=O)c1ccc(C(=O)CNc2nc(C)c(C(=O)OCC(C)C)s2)cc1. The highest BCUT2D eigenvalue weighted by Gasteiger charge is 2.22. The van der Waals surface area contributed by atoms with Gasteiger partial charge in [-0.05, 0) is 37.1 Å². The molecule has 1 aromatic carbocycles. The summed E-state index contributed by atoms with van der Waals surface area (Å²) in [7, 11) is -3.57. The van der Waals surface area contributed by atoms with Gasteiger partial charge in [0.25, 0.3) is 0 Å². The zero-order chi connectivity index (χ0) is 23.2. The molecule has 0 saturated heterocycles. The summed E-state index contributed by atoms with van der Waals surface area (Å²) in [6.45, 7) is 10.2. The first-order valence-corrected chi connectivity index (χ1v) is 12.4. The number of ketones is 1. The molecule has 10 heteroatoms. The van der Waals surface area contributed by atoms with Crippen LogP contribution in [0, 0.1) is 12.8 Å². The number of hydrogen-bond acceptors (Lipinski definition) is 8. The van der Waals surface area contributed by atoms with E-state index in [0.29, 0.717) is 41.0 Å². The molecule has 31 heavy (non-hydrogen) atoms. The monoisotopic (exact) mass is 467 g/mol. The Kier molecular flexibility index (Phi) is 8.72. The topological polar surface area (TPSA) is 106 Å². The zero-order valence-corrected chi connectivity index (χ0v) is 20.1. The van der Waals surface area contributed by atoms with E-state index in [1.54, 1.807) is 20.8 Å². The minimum Gasteiger partial charge on any atom is -0.461 e. The van der Waals surface area contributed by atoms with Crippen LogP contribution in [0.25, 0.3) is 0 Å². The molecule has 0 bridgehead atoms. The van der Waals surface area contributed by atoms with Gasteiger partial charge >= 0.3 is 5.97 Å². The van der Waals surface area contributed by atoms with Gasteiger partial charge in [0.05, 0.1) is 23.7 Å². The number of aryl methyl sites for hydroxylation is 1. The van der Waals surface area contributed by atoms with Gasteiger partial charge in [-0.3, -0.25) is 4.79 Å². The molecule has 2 rings (SSSR count). The summed E-state index contributed by atoms with van der Waals surface area (Å²) in [5, 5.41) is 3.38. The van der Waals surface area contributed by atoms with Crippen molar-refractivity contribution in [2.24, 2.45) is 5.92 Å². The number of anilines is 1. The van der Waals surface area contributed by atoms with E-state index in [1.165, 1.54) is 28.6 Å². The van der Waals surface area contributed by atoms with Crippen LogP contribution in [0.5, 0.6) is 0 Å². The van der Waals surface area contributed by atoms with Crippen molar-refractivity contribution in [1.29, 1.82) is 0 Å². The van der Waals surface area contributed by atoms with Gasteiger partial charge in [0, 0.05) is 18.7 Å². The third kappa shape index (κ3) is 6.34. The number of aromatic nitrogens is 1. The van der Waals surface area contributed by atoms with Crippen molar-refractivity contribution in [2.75, 3.05) is 31.6 Å². The van der Waals surface area contributed by atoms with Crippen molar-refractivity contribution < 1.29 is 22.7 Å². The van der Waals surface area contributed by atoms with Gasteiger partial charge in [-0.1, -0.05) is 39.0 Å². The molecule has 8 nitrogen and oxygen atoms in total. The van der Waals surface area contributed by atoms with Crippen molar-refractivity contribution >= 4 is 38.2 Å². The maximum Gasteiger partial charge on any atom is 0.350 e. The Morgan fingerprint density at radius 1 is 1.16 bits per heavy atom. The Morgan fingerprint density at radius 2 is 1.77 bits per heavy atom. The van der Waals surface area contributed by atoms with Crippen LogP contribution in [0.15, 0.2) is 29.2 Å². The van der Waals surface area contributed by atoms with Crippen molar-refractivity contribution in [2.45, 2.75) is 39.5 Å².